The fraction of sp³-hybridized carbons (Fsp3) is 0.350. The lowest BCUT2D eigenvalue weighted by Gasteiger charge is -2.36. The van der Waals surface area contributed by atoms with Gasteiger partial charge in [0.2, 0.25) is 0 Å². The van der Waals surface area contributed by atoms with E-state index in [9.17, 15) is 9.18 Å². The van der Waals surface area contributed by atoms with E-state index in [1.54, 1.807) is 0 Å². The standard InChI is InChI=1S/C20H23FN2O2/c21-17-8-6-15(7-9-17)10-11-22-18-12-19(13-18)23-20(24)25-14-16-4-2-1-3-5-16/h1-9,18-19,22H,10-14H2,(H,23,24). The van der Waals surface area contributed by atoms with Gasteiger partial charge in [0.1, 0.15) is 12.4 Å². The largest absolute Gasteiger partial charge is 0.445 e. The van der Waals surface area contributed by atoms with Crippen molar-refractivity contribution in [1.82, 2.24) is 10.6 Å². The van der Waals surface area contributed by atoms with E-state index in [4.69, 9.17) is 4.74 Å². The van der Waals surface area contributed by atoms with Gasteiger partial charge in [-0.25, -0.2) is 9.18 Å². The molecule has 2 N–H and O–H groups in total. The van der Waals surface area contributed by atoms with E-state index in [-0.39, 0.29) is 18.0 Å². The minimum absolute atomic E-state index is 0.173. The first-order valence-electron chi connectivity index (χ1n) is 8.64. The zero-order chi connectivity index (χ0) is 17.5. The van der Waals surface area contributed by atoms with Gasteiger partial charge in [0.15, 0.2) is 0 Å². The van der Waals surface area contributed by atoms with Crippen LogP contribution in [0.3, 0.4) is 0 Å². The molecule has 5 heteroatoms. The second kappa shape index (κ2) is 8.62. The summed E-state index contributed by atoms with van der Waals surface area (Å²) >= 11 is 0. The number of carbonyl (C=O) groups excluding carboxylic acids is 1. The molecule has 0 atom stereocenters. The molecule has 0 heterocycles. The van der Waals surface area contributed by atoms with Crippen molar-refractivity contribution in [1.29, 1.82) is 0 Å². The minimum Gasteiger partial charge on any atom is -0.445 e. The highest BCUT2D eigenvalue weighted by molar-refractivity contribution is 5.67. The summed E-state index contributed by atoms with van der Waals surface area (Å²) in [6.07, 6.45) is 2.32. The van der Waals surface area contributed by atoms with E-state index in [1.165, 1.54) is 12.1 Å². The first-order chi connectivity index (χ1) is 12.2. The monoisotopic (exact) mass is 342 g/mol. The molecule has 0 bridgehead atoms. The molecule has 2 aromatic carbocycles. The predicted molar refractivity (Wildman–Crippen MR) is 94.7 cm³/mol. The summed E-state index contributed by atoms with van der Waals surface area (Å²) in [5.74, 6) is -0.205. The van der Waals surface area contributed by atoms with Gasteiger partial charge in [-0.2, -0.15) is 0 Å². The van der Waals surface area contributed by atoms with Crippen molar-refractivity contribution in [2.24, 2.45) is 0 Å². The molecule has 132 valence electrons. The number of ether oxygens (including phenoxy) is 1. The molecule has 1 amide bonds. The zero-order valence-electron chi connectivity index (χ0n) is 14.1. The first kappa shape index (κ1) is 17.4. The number of rotatable bonds is 7. The van der Waals surface area contributed by atoms with Crippen LogP contribution in [0.4, 0.5) is 9.18 Å². The fourth-order valence-corrected chi connectivity index (χ4v) is 2.91. The zero-order valence-corrected chi connectivity index (χ0v) is 14.1. The van der Waals surface area contributed by atoms with Gasteiger partial charge >= 0.3 is 6.09 Å². The fourth-order valence-electron chi connectivity index (χ4n) is 2.91. The van der Waals surface area contributed by atoms with Crippen molar-refractivity contribution in [3.05, 3.63) is 71.5 Å². The number of halogens is 1. The molecule has 2 aromatic rings. The molecule has 0 radical (unpaired) electrons. The smallest absolute Gasteiger partial charge is 0.407 e. The number of hydrogen-bond donors (Lipinski definition) is 2. The normalized spacial score (nSPS) is 19.1. The third-order valence-electron chi connectivity index (χ3n) is 4.43. The second-order valence-electron chi connectivity index (χ2n) is 6.40. The lowest BCUT2D eigenvalue weighted by molar-refractivity contribution is 0.125. The molecule has 0 aromatic heterocycles. The summed E-state index contributed by atoms with van der Waals surface area (Å²) in [6, 6.07) is 16.8. The van der Waals surface area contributed by atoms with Gasteiger partial charge in [0.05, 0.1) is 0 Å². The van der Waals surface area contributed by atoms with Crippen LogP contribution in [0.25, 0.3) is 0 Å². The van der Waals surface area contributed by atoms with Gasteiger partial charge < -0.3 is 15.4 Å². The van der Waals surface area contributed by atoms with Crippen molar-refractivity contribution < 1.29 is 13.9 Å². The molecule has 1 fully saturated rings. The molecular weight excluding hydrogens is 319 g/mol. The highest BCUT2D eigenvalue weighted by atomic mass is 19.1. The van der Waals surface area contributed by atoms with Gasteiger partial charge in [0.25, 0.3) is 0 Å². The van der Waals surface area contributed by atoms with Crippen LogP contribution in [0.5, 0.6) is 0 Å². The Morgan fingerprint density at radius 2 is 1.72 bits per heavy atom. The Bertz CT molecular complexity index is 670. The average molecular weight is 342 g/mol. The Labute approximate surface area is 147 Å². The number of alkyl carbamates (subject to hydrolysis) is 1. The molecule has 1 saturated carbocycles. The molecule has 0 spiro atoms. The summed E-state index contributed by atoms with van der Waals surface area (Å²) in [4.78, 5) is 11.8. The molecule has 1 aliphatic rings. The van der Waals surface area contributed by atoms with Crippen LogP contribution in [0, 0.1) is 5.82 Å². The summed E-state index contributed by atoms with van der Waals surface area (Å²) in [5.41, 5.74) is 2.10. The number of nitrogens with one attached hydrogen (secondary N) is 2. The van der Waals surface area contributed by atoms with Crippen molar-refractivity contribution in [3.63, 3.8) is 0 Å². The molecule has 4 nitrogen and oxygen atoms in total. The Kier molecular flexibility index (Phi) is 6.01. The van der Waals surface area contributed by atoms with Gasteiger partial charge in [0, 0.05) is 12.1 Å². The molecule has 25 heavy (non-hydrogen) atoms. The van der Waals surface area contributed by atoms with Gasteiger partial charge in [-0.05, 0) is 49.1 Å². The summed E-state index contributed by atoms with van der Waals surface area (Å²) in [5, 5.41) is 6.35. The maximum absolute atomic E-state index is 12.8. The van der Waals surface area contributed by atoms with Gasteiger partial charge in [-0.3, -0.25) is 0 Å². The number of benzene rings is 2. The SMILES string of the molecule is O=C(NC1CC(NCCc2ccc(F)cc2)C1)OCc1ccccc1. The van der Waals surface area contributed by atoms with E-state index >= 15 is 0 Å². The minimum atomic E-state index is -0.362. The van der Waals surface area contributed by atoms with Crippen LogP contribution in [-0.4, -0.2) is 24.7 Å². The van der Waals surface area contributed by atoms with Crippen molar-refractivity contribution >= 4 is 6.09 Å². The molecular formula is C20H23FN2O2. The molecule has 0 saturated heterocycles. The van der Waals surface area contributed by atoms with E-state index in [1.807, 2.05) is 42.5 Å². The maximum atomic E-state index is 12.8. The maximum Gasteiger partial charge on any atom is 0.407 e. The third kappa shape index (κ3) is 5.57. The summed E-state index contributed by atoms with van der Waals surface area (Å²) < 4.78 is 18.1. The average Bonchev–Trinajstić information content (AvgIpc) is 2.60. The Hall–Kier alpha value is -2.40. The Morgan fingerprint density at radius 3 is 2.44 bits per heavy atom. The molecule has 0 unspecified atom stereocenters. The van der Waals surface area contributed by atoms with E-state index in [0.717, 1.165) is 36.9 Å². The Balaban J connectivity index is 1.26. The molecule has 3 rings (SSSR count). The van der Waals surface area contributed by atoms with E-state index in [2.05, 4.69) is 10.6 Å². The highest BCUT2D eigenvalue weighted by Crippen LogP contribution is 2.20. The molecule has 1 aliphatic carbocycles. The molecule has 0 aliphatic heterocycles. The van der Waals surface area contributed by atoms with Crippen LogP contribution in [0.15, 0.2) is 54.6 Å². The number of amides is 1. The Morgan fingerprint density at radius 1 is 1.00 bits per heavy atom. The van der Waals surface area contributed by atoms with E-state index in [0.29, 0.717) is 12.6 Å². The topological polar surface area (TPSA) is 50.4 Å². The van der Waals surface area contributed by atoms with E-state index < -0.39 is 0 Å². The lowest BCUT2D eigenvalue weighted by atomic mass is 9.87. The second-order valence-corrected chi connectivity index (χ2v) is 6.40. The third-order valence-corrected chi connectivity index (χ3v) is 4.43. The summed E-state index contributed by atoms with van der Waals surface area (Å²) in [7, 11) is 0. The van der Waals surface area contributed by atoms with Crippen molar-refractivity contribution in [2.45, 2.75) is 38.0 Å². The van der Waals surface area contributed by atoms with Crippen molar-refractivity contribution in [2.75, 3.05) is 6.54 Å². The summed E-state index contributed by atoms with van der Waals surface area (Å²) in [6.45, 7) is 1.14. The van der Waals surface area contributed by atoms with Crippen LogP contribution in [0.1, 0.15) is 24.0 Å². The van der Waals surface area contributed by atoms with Crippen LogP contribution in [-0.2, 0) is 17.8 Å². The van der Waals surface area contributed by atoms with Crippen LogP contribution >= 0.6 is 0 Å². The first-order valence-corrected chi connectivity index (χ1v) is 8.64. The van der Waals surface area contributed by atoms with Crippen LogP contribution < -0.4 is 10.6 Å². The van der Waals surface area contributed by atoms with Gasteiger partial charge in [-0.15, -0.1) is 0 Å². The van der Waals surface area contributed by atoms with Crippen molar-refractivity contribution in [3.8, 4) is 0 Å². The lowest BCUT2D eigenvalue weighted by Crippen LogP contribution is -2.52. The van der Waals surface area contributed by atoms with Gasteiger partial charge in [-0.1, -0.05) is 42.5 Å². The highest BCUT2D eigenvalue weighted by Gasteiger charge is 2.30. The van der Waals surface area contributed by atoms with Crippen LogP contribution in [0.2, 0.25) is 0 Å². The number of hydrogen-bond acceptors (Lipinski definition) is 3. The quantitative estimate of drug-likeness (QED) is 0.811. The number of carbonyl (C=O) groups is 1. The predicted octanol–water partition coefficient (Wildman–Crippen LogP) is 3.42.